The maximum absolute atomic E-state index is 12.5. The van der Waals surface area contributed by atoms with Crippen molar-refractivity contribution in [3.05, 3.63) is 71.3 Å². The molecule has 5 rings (SSSR count). The molecule has 38 heavy (non-hydrogen) atoms. The molecule has 4 heteroatoms. The van der Waals surface area contributed by atoms with Crippen LogP contribution < -0.4 is 0 Å². The first-order chi connectivity index (χ1) is 18.6. The molecule has 2 heterocycles. The molecular weight excluding hydrogens is 468 g/mol. The second-order valence-electron chi connectivity index (χ2n) is 12.5. The van der Waals surface area contributed by atoms with Gasteiger partial charge in [-0.05, 0) is 87.4 Å². The van der Waals surface area contributed by atoms with E-state index in [1.807, 2.05) is 0 Å². The molecule has 3 aliphatic rings. The molecule has 2 aromatic carbocycles. The van der Waals surface area contributed by atoms with Gasteiger partial charge in [0.05, 0.1) is 0 Å². The highest BCUT2D eigenvalue weighted by Crippen LogP contribution is 2.38. The van der Waals surface area contributed by atoms with Gasteiger partial charge in [-0.1, -0.05) is 85.8 Å². The molecule has 0 bridgehead atoms. The number of likely N-dealkylation sites (tertiary alicyclic amines) is 2. The number of carbonyl (C=O) groups is 1. The van der Waals surface area contributed by atoms with Crippen LogP contribution in [0.15, 0.2) is 54.6 Å². The quantitative estimate of drug-likeness (QED) is 0.378. The van der Waals surface area contributed by atoms with Crippen molar-refractivity contribution < 1.29 is 9.90 Å². The Labute approximate surface area is 230 Å². The van der Waals surface area contributed by atoms with Gasteiger partial charge in [-0.25, -0.2) is 0 Å². The molecule has 1 N–H and O–H groups in total. The van der Waals surface area contributed by atoms with Crippen LogP contribution in [0, 0.1) is 24.7 Å². The predicted molar refractivity (Wildman–Crippen MR) is 156 cm³/mol. The maximum Gasteiger partial charge on any atom is 0.321 e. The van der Waals surface area contributed by atoms with Gasteiger partial charge in [0.15, 0.2) is 0 Å². The Bertz CT molecular complexity index is 993. The van der Waals surface area contributed by atoms with Crippen LogP contribution in [0.2, 0.25) is 0 Å². The molecule has 2 aliphatic heterocycles. The van der Waals surface area contributed by atoms with Gasteiger partial charge in [-0.2, -0.15) is 0 Å². The van der Waals surface area contributed by atoms with E-state index in [2.05, 4.69) is 71.3 Å². The molecule has 206 valence electrons. The van der Waals surface area contributed by atoms with Crippen LogP contribution in [0.1, 0.15) is 80.4 Å². The summed E-state index contributed by atoms with van der Waals surface area (Å²) in [6, 6.07) is 19.6. The van der Waals surface area contributed by atoms with Crippen LogP contribution in [0.3, 0.4) is 0 Å². The normalized spacial score (nSPS) is 25.0. The molecule has 3 unspecified atom stereocenters. The van der Waals surface area contributed by atoms with Crippen molar-refractivity contribution in [1.82, 2.24) is 9.80 Å². The Morgan fingerprint density at radius 3 is 2.32 bits per heavy atom. The summed E-state index contributed by atoms with van der Waals surface area (Å²) >= 11 is 0. The second kappa shape index (κ2) is 13.3. The summed E-state index contributed by atoms with van der Waals surface area (Å²) in [5.74, 6) is 1.49. The molecule has 3 fully saturated rings. The molecular formula is C34H48N2O2. The van der Waals surface area contributed by atoms with Crippen molar-refractivity contribution in [3.63, 3.8) is 0 Å². The zero-order valence-corrected chi connectivity index (χ0v) is 23.4. The number of rotatable bonds is 10. The lowest BCUT2D eigenvalue weighted by Crippen LogP contribution is -2.46. The molecule has 1 aliphatic carbocycles. The zero-order valence-electron chi connectivity index (χ0n) is 23.4. The van der Waals surface area contributed by atoms with Crippen molar-refractivity contribution in [2.24, 2.45) is 17.8 Å². The molecule has 0 radical (unpaired) electrons. The minimum absolute atomic E-state index is 0.312. The summed E-state index contributed by atoms with van der Waals surface area (Å²) in [5, 5.41) is 10.3. The van der Waals surface area contributed by atoms with E-state index in [1.54, 1.807) is 0 Å². The third-order valence-corrected chi connectivity index (χ3v) is 9.84. The van der Waals surface area contributed by atoms with Crippen LogP contribution in [0.25, 0.3) is 0 Å². The summed E-state index contributed by atoms with van der Waals surface area (Å²) in [5.41, 5.74) is 4.20. The predicted octanol–water partition coefficient (Wildman–Crippen LogP) is 6.78. The smallest absolute Gasteiger partial charge is 0.321 e. The van der Waals surface area contributed by atoms with E-state index in [1.165, 1.54) is 81.1 Å². The summed E-state index contributed by atoms with van der Waals surface area (Å²) in [4.78, 5) is 17.6. The van der Waals surface area contributed by atoms with E-state index < -0.39 is 5.97 Å². The van der Waals surface area contributed by atoms with Gasteiger partial charge in [0.2, 0.25) is 0 Å². The van der Waals surface area contributed by atoms with E-state index in [0.29, 0.717) is 17.8 Å². The fourth-order valence-corrected chi connectivity index (χ4v) is 7.64. The van der Waals surface area contributed by atoms with E-state index in [9.17, 15) is 9.90 Å². The highest BCUT2D eigenvalue weighted by Gasteiger charge is 2.43. The standard InChI is InChI=1S/C34H48N2O2/c1-26-15-17-27(18-16-26)9-8-10-28-19-21-35(22-20-28)23-31-24-36(25-32(31)29-11-4-2-5-12-29)33(34(37)38)30-13-6-3-7-14-30/h2,4-5,11-12,15-18,28,30-33H,3,6-10,13-14,19-25H2,1H3,(H,37,38). The number of carboxylic acids is 1. The fourth-order valence-electron chi connectivity index (χ4n) is 7.64. The van der Waals surface area contributed by atoms with E-state index in [-0.39, 0.29) is 6.04 Å². The molecule has 3 atom stereocenters. The molecule has 2 aromatic rings. The number of benzene rings is 2. The number of piperidine rings is 1. The number of aliphatic carboxylic acids is 1. The average Bonchev–Trinajstić information content (AvgIpc) is 3.34. The van der Waals surface area contributed by atoms with Crippen molar-refractivity contribution >= 4 is 5.97 Å². The van der Waals surface area contributed by atoms with Gasteiger partial charge in [0.25, 0.3) is 0 Å². The van der Waals surface area contributed by atoms with Crippen LogP contribution in [-0.4, -0.2) is 59.6 Å². The Kier molecular flexibility index (Phi) is 9.56. The number of carboxylic acid groups (broad SMARTS) is 1. The third-order valence-electron chi connectivity index (χ3n) is 9.84. The topological polar surface area (TPSA) is 43.8 Å². The van der Waals surface area contributed by atoms with Gasteiger partial charge in [-0.15, -0.1) is 0 Å². The lowest BCUT2D eigenvalue weighted by Gasteiger charge is -2.35. The third kappa shape index (κ3) is 7.07. The minimum Gasteiger partial charge on any atom is -0.480 e. The second-order valence-corrected chi connectivity index (χ2v) is 12.5. The first kappa shape index (κ1) is 27.4. The monoisotopic (exact) mass is 516 g/mol. The highest BCUT2D eigenvalue weighted by atomic mass is 16.4. The molecule has 4 nitrogen and oxygen atoms in total. The summed E-state index contributed by atoms with van der Waals surface area (Å²) in [6.07, 6.45) is 12.2. The zero-order chi connectivity index (χ0) is 26.3. The number of hydrogen-bond acceptors (Lipinski definition) is 3. The van der Waals surface area contributed by atoms with E-state index in [0.717, 1.165) is 38.4 Å². The van der Waals surface area contributed by atoms with Crippen LogP contribution in [0.5, 0.6) is 0 Å². The molecule has 2 saturated heterocycles. The number of aryl methyl sites for hydroxylation is 2. The largest absolute Gasteiger partial charge is 0.480 e. The van der Waals surface area contributed by atoms with Gasteiger partial charge in [0, 0.05) is 25.6 Å². The first-order valence-electron chi connectivity index (χ1n) is 15.4. The van der Waals surface area contributed by atoms with Crippen LogP contribution >= 0.6 is 0 Å². The van der Waals surface area contributed by atoms with E-state index in [4.69, 9.17) is 0 Å². The van der Waals surface area contributed by atoms with Gasteiger partial charge >= 0.3 is 5.97 Å². The lowest BCUT2D eigenvalue weighted by molar-refractivity contribution is -0.145. The molecule has 0 spiro atoms. The first-order valence-corrected chi connectivity index (χ1v) is 15.4. The van der Waals surface area contributed by atoms with Gasteiger partial charge < -0.3 is 10.0 Å². The highest BCUT2D eigenvalue weighted by molar-refractivity contribution is 5.74. The maximum atomic E-state index is 12.5. The summed E-state index contributed by atoms with van der Waals surface area (Å²) in [6.45, 7) is 7.45. The Balaban J connectivity index is 1.16. The van der Waals surface area contributed by atoms with Crippen molar-refractivity contribution in [3.8, 4) is 0 Å². The Morgan fingerprint density at radius 2 is 1.63 bits per heavy atom. The average molecular weight is 517 g/mol. The Morgan fingerprint density at radius 1 is 0.921 bits per heavy atom. The lowest BCUT2D eigenvalue weighted by atomic mass is 9.83. The van der Waals surface area contributed by atoms with Crippen molar-refractivity contribution in [2.45, 2.75) is 83.1 Å². The molecule has 0 aromatic heterocycles. The Hall–Kier alpha value is -2.17. The molecule has 0 amide bonds. The van der Waals surface area contributed by atoms with Crippen LogP contribution in [-0.2, 0) is 11.2 Å². The van der Waals surface area contributed by atoms with E-state index >= 15 is 0 Å². The summed E-state index contributed by atoms with van der Waals surface area (Å²) < 4.78 is 0. The SMILES string of the molecule is Cc1ccc(CCCC2CCN(CC3CN(C(C(=O)O)C4CCCCC4)CC3c3ccccc3)CC2)cc1. The fraction of sp³-hybridized carbons (Fsp3) is 0.618. The summed E-state index contributed by atoms with van der Waals surface area (Å²) in [7, 11) is 0. The number of nitrogens with zero attached hydrogens (tertiary/aromatic N) is 2. The van der Waals surface area contributed by atoms with Crippen molar-refractivity contribution in [2.75, 3.05) is 32.7 Å². The minimum atomic E-state index is -0.601. The van der Waals surface area contributed by atoms with Crippen LogP contribution in [0.4, 0.5) is 0 Å². The van der Waals surface area contributed by atoms with Gasteiger partial charge in [-0.3, -0.25) is 9.69 Å². The number of hydrogen-bond donors (Lipinski definition) is 1. The molecule has 1 saturated carbocycles. The van der Waals surface area contributed by atoms with Crippen molar-refractivity contribution in [1.29, 1.82) is 0 Å². The van der Waals surface area contributed by atoms with Gasteiger partial charge in [0.1, 0.15) is 6.04 Å².